The molecule has 0 saturated heterocycles. The molecule has 3 heterocycles. The minimum Gasteiger partial charge on any atom is -0.365 e. The number of alkyl halides is 1. The third kappa shape index (κ3) is 3.58. The first kappa shape index (κ1) is 19.1. The van der Waals surface area contributed by atoms with Crippen molar-refractivity contribution in [3.05, 3.63) is 33.7 Å². The molecule has 0 amide bonds. The molecule has 0 aromatic carbocycles. The lowest BCUT2D eigenvalue weighted by Gasteiger charge is -2.32. The highest BCUT2D eigenvalue weighted by molar-refractivity contribution is 6.36. The second kappa shape index (κ2) is 7.67. The van der Waals surface area contributed by atoms with Crippen LogP contribution in [-0.2, 0) is 0 Å². The van der Waals surface area contributed by atoms with Crippen LogP contribution in [0.1, 0.15) is 32.1 Å². The Bertz CT molecular complexity index is 957. The van der Waals surface area contributed by atoms with E-state index in [2.05, 4.69) is 25.7 Å². The average molecular weight is 425 g/mol. The lowest BCUT2D eigenvalue weighted by Crippen LogP contribution is -2.36. The number of nitrogens with zero attached hydrogens (tertiary/aromatic N) is 5. The maximum absolute atomic E-state index is 14.0. The van der Waals surface area contributed by atoms with E-state index in [-0.39, 0.29) is 17.4 Å². The van der Waals surface area contributed by atoms with Gasteiger partial charge in [-0.3, -0.25) is 0 Å². The van der Waals surface area contributed by atoms with E-state index in [4.69, 9.17) is 27.7 Å². The van der Waals surface area contributed by atoms with Gasteiger partial charge in [0.15, 0.2) is 5.82 Å². The molecule has 1 unspecified atom stereocenters. The van der Waals surface area contributed by atoms with Gasteiger partial charge in [0.25, 0.3) is 0 Å². The van der Waals surface area contributed by atoms with Gasteiger partial charge in [-0.1, -0.05) is 48.3 Å². The number of nitrogens with one attached hydrogen (secondary N) is 1. The molecule has 0 saturated carbocycles. The molecule has 0 fully saturated rings. The van der Waals surface area contributed by atoms with E-state index >= 15 is 0 Å². The Morgan fingerprint density at radius 1 is 1.36 bits per heavy atom. The van der Waals surface area contributed by atoms with Crippen LogP contribution in [0.3, 0.4) is 0 Å². The highest BCUT2D eigenvalue weighted by atomic mass is 35.5. The van der Waals surface area contributed by atoms with Crippen molar-refractivity contribution in [2.45, 2.75) is 32.4 Å². The summed E-state index contributed by atoms with van der Waals surface area (Å²) in [4.78, 5) is 6.42. The number of fused-ring (bicyclic) bond motifs is 1. The number of halogens is 3. The van der Waals surface area contributed by atoms with Crippen molar-refractivity contribution in [3.8, 4) is 11.5 Å². The van der Waals surface area contributed by atoms with Crippen molar-refractivity contribution in [1.29, 1.82) is 0 Å². The normalized spacial score (nSPS) is 19.6. The second-order valence-corrected chi connectivity index (χ2v) is 7.82. The smallest absolute Gasteiger partial charge is 0.229 e. The second-order valence-electron chi connectivity index (χ2n) is 7.00. The molecule has 1 aliphatic carbocycles. The van der Waals surface area contributed by atoms with Crippen LogP contribution in [-0.4, -0.2) is 46.1 Å². The van der Waals surface area contributed by atoms with Gasteiger partial charge in [-0.2, -0.15) is 4.98 Å². The number of rotatable bonds is 4. The topological polar surface area (TPSA) is 80.0 Å². The zero-order chi connectivity index (χ0) is 19.8. The SMILES string of the molecule is CC(C)c1nc(-c2cc3c(nn2)NCCN3CC2=C(Cl)C(F)CC=C2Cl)no1. The van der Waals surface area contributed by atoms with Gasteiger partial charge >= 0.3 is 0 Å². The Morgan fingerprint density at radius 2 is 2.18 bits per heavy atom. The fraction of sp³-hybridized carbons (Fsp3) is 0.444. The van der Waals surface area contributed by atoms with Crippen LogP contribution in [0.2, 0.25) is 0 Å². The monoisotopic (exact) mass is 424 g/mol. The molecule has 7 nitrogen and oxygen atoms in total. The summed E-state index contributed by atoms with van der Waals surface area (Å²) in [5, 5.41) is 16.3. The van der Waals surface area contributed by atoms with E-state index in [9.17, 15) is 4.39 Å². The van der Waals surface area contributed by atoms with Crippen LogP contribution >= 0.6 is 23.2 Å². The highest BCUT2D eigenvalue weighted by Crippen LogP contribution is 2.36. The van der Waals surface area contributed by atoms with E-state index in [0.717, 1.165) is 5.69 Å². The predicted molar refractivity (Wildman–Crippen MR) is 106 cm³/mol. The molecule has 10 heteroatoms. The summed E-state index contributed by atoms with van der Waals surface area (Å²) in [5.41, 5.74) is 1.89. The van der Waals surface area contributed by atoms with Crippen molar-refractivity contribution in [2.75, 3.05) is 29.9 Å². The quantitative estimate of drug-likeness (QED) is 0.785. The summed E-state index contributed by atoms with van der Waals surface area (Å²) in [7, 11) is 0. The largest absolute Gasteiger partial charge is 0.365 e. The standard InChI is InChI=1S/C18H19Cl2FN6O/c1-9(2)18-23-16(26-28-18)13-7-14-17(25-24-13)22-5-6-27(14)8-10-11(19)3-4-12(21)15(10)20/h3,7,9,12H,4-6,8H2,1-2H3,(H,22,25). The zero-order valence-electron chi connectivity index (χ0n) is 15.4. The van der Waals surface area contributed by atoms with E-state index in [0.29, 0.717) is 53.5 Å². The van der Waals surface area contributed by atoms with E-state index in [1.165, 1.54) is 0 Å². The third-order valence-corrected chi connectivity index (χ3v) is 5.51. The molecule has 4 rings (SSSR count). The molecule has 1 N–H and O–H groups in total. The Labute approximate surface area is 171 Å². The number of hydrogen-bond donors (Lipinski definition) is 1. The maximum atomic E-state index is 14.0. The predicted octanol–water partition coefficient (Wildman–Crippen LogP) is 4.24. The van der Waals surface area contributed by atoms with Crippen molar-refractivity contribution >= 4 is 34.7 Å². The first-order valence-electron chi connectivity index (χ1n) is 9.03. The third-order valence-electron chi connectivity index (χ3n) is 4.66. The zero-order valence-corrected chi connectivity index (χ0v) is 16.9. The van der Waals surface area contributed by atoms with Crippen molar-refractivity contribution < 1.29 is 8.91 Å². The van der Waals surface area contributed by atoms with Gasteiger partial charge in [0, 0.05) is 42.6 Å². The average Bonchev–Trinajstić information content (AvgIpc) is 3.18. The lowest BCUT2D eigenvalue weighted by atomic mass is 10.0. The minimum atomic E-state index is -1.22. The van der Waals surface area contributed by atoms with Crippen LogP contribution in [0.15, 0.2) is 32.3 Å². The van der Waals surface area contributed by atoms with Gasteiger partial charge in [0.2, 0.25) is 11.7 Å². The molecule has 2 aromatic rings. The summed E-state index contributed by atoms with van der Waals surface area (Å²) in [6.07, 6.45) is 0.645. The van der Waals surface area contributed by atoms with Gasteiger partial charge in [0.1, 0.15) is 11.9 Å². The first-order chi connectivity index (χ1) is 13.4. The molecule has 148 valence electrons. The highest BCUT2D eigenvalue weighted by Gasteiger charge is 2.27. The Morgan fingerprint density at radius 3 is 2.93 bits per heavy atom. The molecular weight excluding hydrogens is 406 g/mol. The van der Waals surface area contributed by atoms with Gasteiger partial charge in [-0.05, 0) is 6.07 Å². The fourth-order valence-electron chi connectivity index (χ4n) is 3.10. The van der Waals surface area contributed by atoms with Crippen LogP contribution in [0.5, 0.6) is 0 Å². The molecular formula is C18H19Cl2FN6O. The minimum absolute atomic E-state index is 0.118. The van der Waals surface area contributed by atoms with Gasteiger partial charge in [-0.25, -0.2) is 4.39 Å². The van der Waals surface area contributed by atoms with Crippen molar-refractivity contribution in [3.63, 3.8) is 0 Å². The number of aromatic nitrogens is 4. The number of allylic oxidation sites excluding steroid dienone is 2. The fourth-order valence-corrected chi connectivity index (χ4v) is 3.65. The molecule has 1 aliphatic heterocycles. The molecule has 0 radical (unpaired) electrons. The Hall–Kier alpha value is -2.19. The molecule has 0 bridgehead atoms. The summed E-state index contributed by atoms with van der Waals surface area (Å²) < 4.78 is 19.3. The van der Waals surface area contributed by atoms with Gasteiger partial charge in [0.05, 0.1) is 10.7 Å². The Balaban J connectivity index is 1.66. The van der Waals surface area contributed by atoms with E-state index in [1.54, 1.807) is 6.08 Å². The van der Waals surface area contributed by atoms with Crippen LogP contribution in [0.4, 0.5) is 15.9 Å². The number of anilines is 2. The number of hydrogen-bond acceptors (Lipinski definition) is 7. The molecule has 2 aromatic heterocycles. The summed E-state index contributed by atoms with van der Waals surface area (Å²) >= 11 is 12.5. The molecule has 2 aliphatic rings. The molecule has 1 atom stereocenters. The van der Waals surface area contributed by atoms with Crippen LogP contribution in [0, 0.1) is 0 Å². The van der Waals surface area contributed by atoms with E-state index < -0.39 is 6.17 Å². The Kier molecular flexibility index (Phi) is 5.25. The van der Waals surface area contributed by atoms with Crippen LogP contribution in [0.25, 0.3) is 11.5 Å². The summed E-state index contributed by atoms with van der Waals surface area (Å²) in [6.45, 7) is 5.66. The summed E-state index contributed by atoms with van der Waals surface area (Å²) in [6, 6.07) is 1.84. The summed E-state index contributed by atoms with van der Waals surface area (Å²) in [5.74, 6) is 1.66. The van der Waals surface area contributed by atoms with Crippen molar-refractivity contribution in [2.24, 2.45) is 0 Å². The van der Waals surface area contributed by atoms with E-state index in [1.807, 2.05) is 24.8 Å². The first-order valence-corrected chi connectivity index (χ1v) is 9.78. The van der Waals surface area contributed by atoms with Crippen LogP contribution < -0.4 is 10.2 Å². The van der Waals surface area contributed by atoms with Crippen molar-refractivity contribution in [1.82, 2.24) is 20.3 Å². The molecule has 0 spiro atoms. The lowest BCUT2D eigenvalue weighted by molar-refractivity contribution is 0.365. The van der Waals surface area contributed by atoms with Gasteiger partial charge in [-0.15, -0.1) is 10.2 Å². The maximum Gasteiger partial charge on any atom is 0.229 e. The molecule has 28 heavy (non-hydrogen) atoms. The van der Waals surface area contributed by atoms with Gasteiger partial charge < -0.3 is 14.7 Å².